The Labute approximate surface area is 145 Å². The molecule has 24 heavy (non-hydrogen) atoms. The fraction of sp³-hybridized carbons (Fsp3) is 0.706. The quantitative estimate of drug-likeness (QED) is 0.525. The zero-order valence-electron chi connectivity index (χ0n) is 15.8. The van der Waals surface area contributed by atoms with E-state index in [9.17, 15) is 10.1 Å². The molecule has 136 valence electrons. The Hall–Kier alpha value is -0.985. The summed E-state index contributed by atoms with van der Waals surface area (Å²) in [5.41, 5.74) is -1.22. The van der Waals surface area contributed by atoms with Gasteiger partial charge < -0.3 is 24.3 Å². The zero-order chi connectivity index (χ0) is 18.6. The summed E-state index contributed by atoms with van der Waals surface area (Å²) >= 11 is 0. The average Bonchev–Trinajstić information content (AvgIpc) is 2.46. The summed E-state index contributed by atoms with van der Waals surface area (Å²) in [4.78, 5) is 4.35. The number of hydrogen-bond acceptors (Lipinski definition) is 6. The van der Waals surface area contributed by atoms with Crippen LogP contribution < -0.4 is 5.46 Å². The van der Waals surface area contributed by atoms with Crippen molar-refractivity contribution < 1.29 is 24.3 Å². The first kappa shape index (κ1) is 21.1. The summed E-state index contributed by atoms with van der Waals surface area (Å²) in [6, 6.07) is 3.42. The van der Waals surface area contributed by atoms with E-state index in [2.05, 4.69) is 4.98 Å². The number of aliphatic hydroxyl groups is 1. The van der Waals surface area contributed by atoms with Crippen LogP contribution in [0, 0.1) is 0 Å². The van der Waals surface area contributed by atoms with Crippen molar-refractivity contribution in [3.63, 3.8) is 0 Å². The number of rotatable bonds is 9. The van der Waals surface area contributed by atoms with E-state index in [0.717, 1.165) is 0 Å². The fourth-order valence-electron chi connectivity index (χ4n) is 2.21. The minimum Gasteiger partial charge on any atom is -0.423 e. The van der Waals surface area contributed by atoms with Gasteiger partial charge in [0, 0.05) is 24.9 Å². The lowest BCUT2D eigenvalue weighted by molar-refractivity contribution is -0.231. The topological polar surface area (TPSA) is 81.0 Å². The van der Waals surface area contributed by atoms with Gasteiger partial charge in [-0.1, -0.05) is 6.07 Å². The van der Waals surface area contributed by atoms with Gasteiger partial charge in [0.05, 0.1) is 16.9 Å². The lowest BCUT2D eigenvalue weighted by Crippen LogP contribution is -2.54. The highest BCUT2D eigenvalue weighted by molar-refractivity contribution is 6.60. The van der Waals surface area contributed by atoms with Gasteiger partial charge in [0.25, 0.3) is 0 Å². The molecule has 0 saturated heterocycles. The van der Waals surface area contributed by atoms with Crippen molar-refractivity contribution in [2.45, 2.75) is 65.5 Å². The van der Waals surface area contributed by atoms with Crippen LogP contribution in [0.1, 0.15) is 54.2 Å². The molecule has 0 fully saturated rings. The third-order valence-electron chi connectivity index (χ3n) is 4.25. The molecule has 1 heterocycles. The summed E-state index contributed by atoms with van der Waals surface area (Å²) in [7, 11) is -1.28. The van der Waals surface area contributed by atoms with Crippen LogP contribution >= 0.6 is 0 Å². The number of pyridine rings is 1. The molecule has 2 N–H and O–H groups in total. The van der Waals surface area contributed by atoms with E-state index in [-0.39, 0.29) is 0 Å². The monoisotopic (exact) mass is 339 g/mol. The number of hydrogen-bond donors (Lipinski definition) is 2. The Morgan fingerprint density at radius 1 is 1.08 bits per heavy atom. The van der Waals surface area contributed by atoms with Gasteiger partial charge in [-0.3, -0.25) is 4.98 Å². The SMILES string of the molecule is CCOC(C)(OCC)c1ncccc1B(O)OC(C)(C)C(C)(C)O. The standard InChI is InChI=1S/C17H30BNO5/c1-8-22-17(7,23-9-2)14-13(11-10-12-19-14)18(21)24-16(5,6)15(3,4)20/h10-12,20-21H,8-9H2,1-7H3. The van der Waals surface area contributed by atoms with E-state index < -0.39 is 24.1 Å². The van der Waals surface area contributed by atoms with Crippen molar-refractivity contribution in [2.24, 2.45) is 0 Å². The molecule has 0 radical (unpaired) electrons. The Morgan fingerprint density at radius 3 is 2.08 bits per heavy atom. The molecule has 0 aliphatic rings. The van der Waals surface area contributed by atoms with Crippen LogP contribution in [0.4, 0.5) is 0 Å². The van der Waals surface area contributed by atoms with Gasteiger partial charge in [0.1, 0.15) is 0 Å². The number of ether oxygens (including phenoxy) is 2. The number of aromatic nitrogens is 1. The van der Waals surface area contributed by atoms with E-state index in [0.29, 0.717) is 24.4 Å². The van der Waals surface area contributed by atoms with E-state index in [1.165, 1.54) is 0 Å². The molecular weight excluding hydrogens is 309 g/mol. The van der Waals surface area contributed by atoms with Crippen molar-refractivity contribution >= 4 is 12.6 Å². The van der Waals surface area contributed by atoms with Gasteiger partial charge in [-0.05, 0) is 54.5 Å². The van der Waals surface area contributed by atoms with Gasteiger partial charge in [-0.2, -0.15) is 0 Å². The van der Waals surface area contributed by atoms with E-state index in [1.807, 2.05) is 13.8 Å². The molecule has 0 saturated carbocycles. The second-order valence-corrected chi connectivity index (χ2v) is 6.79. The van der Waals surface area contributed by atoms with E-state index in [4.69, 9.17) is 14.1 Å². The lowest BCUT2D eigenvalue weighted by atomic mass is 9.74. The van der Waals surface area contributed by atoms with Crippen molar-refractivity contribution in [2.75, 3.05) is 13.2 Å². The summed E-state index contributed by atoms with van der Waals surface area (Å²) in [6.07, 6.45) is 1.61. The molecule has 1 rings (SSSR count). The molecule has 0 aliphatic heterocycles. The summed E-state index contributed by atoms with van der Waals surface area (Å²) < 4.78 is 17.2. The Bertz CT molecular complexity index is 524. The molecule has 0 aromatic carbocycles. The minimum atomic E-state index is -1.28. The maximum Gasteiger partial charge on any atom is 0.493 e. The normalized spacial score (nSPS) is 13.2. The molecule has 0 aliphatic carbocycles. The zero-order valence-corrected chi connectivity index (χ0v) is 15.8. The molecule has 0 spiro atoms. The van der Waals surface area contributed by atoms with Crippen LogP contribution in [0.15, 0.2) is 18.3 Å². The highest BCUT2D eigenvalue weighted by Gasteiger charge is 2.42. The maximum atomic E-state index is 10.6. The smallest absolute Gasteiger partial charge is 0.423 e. The summed E-state index contributed by atoms with van der Waals surface area (Å²) in [5, 5.41) is 20.9. The first-order valence-electron chi connectivity index (χ1n) is 8.30. The van der Waals surface area contributed by atoms with Gasteiger partial charge >= 0.3 is 7.12 Å². The molecule has 7 heteroatoms. The van der Waals surface area contributed by atoms with Crippen molar-refractivity contribution in [1.29, 1.82) is 0 Å². The minimum absolute atomic E-state index is 0.429. The van der Waals surface area contributed by atoms with Gasteiger partial charge in [0.15, 0.2) is 0 Å². The molecule has 0 amide bonds. The molecule has 0 unspecified atom stereocenters. The average molecular weight is 339 g/mol. The van der Waals surface area contributed by atoms with Crippen LogP contribution in [-0.4, -0.2) is 46.6 Å². The Morgan fingerprint density at radius 2 is 1.62 bits per heavy atom. The molecule has 1 aromatic rings. The predicted octanol–water partition coefficient (Wildman–Crippen LogP) is 1.58. The Balaban J connectivity index is 3.22. The Kier molecular flexibility index (Phi) is 6.96. The fourth-order valence-corrected chi connectivity index (χ4v) is 2.21. The van der Waals surface area contributed by atoms with Gasteiger partial charge in [0.2, 0.25) is 5.79 Å². The van der Waals surface area contributed by atoms with Crippen molar-refractivity contribution in [1.82, 2.24) is 4.98 Å². The predicted molar refractivity (Wildman–Crippen MR) is 93.9 cm³/mol. The van der Waals surface area contributed by atoms with Gasteiger partial charge in [-0.15, -0.1) is 0 Å². The maximum absolute atomic E-state index is 10.6. The van der Waals surface area contributed by atoms with Crippen molar-refractivity contribution in [3.8, 4) is 0 Å². The number of nitrogens with zero attached hydrogens (tertiary/aromatic N) is 1. The molecular formula is C17H30BNO5. The molecule has 0 atom stereocenters. The van der Waals surface area contributed by atoms with Crippen LogP contribution in [-0.2, 0) is 19.9 Å². The second kappa shape index (κ2) is 7.93. The van der Waals surface area contributed by atoms with E-state index >= 15 is 0 Å². The van der Waals surface area contributed by atoms with Crippen LogP contribution in [0.5, 0.6) is 0 Å². The lowest BCUT2D eigenvalue weighted by Gasteiger charge is -2.39. The summed E-state index contributed by atoms with van der Waals surface area (Å²) in [6.45, 7) is 13.1. The molecule has 1 aromatic heterocycles. The highest BCUT2D eigenvalue weighted by Crippen LogP contribution is 2.27. The molecule has 6 nitrogen and oxygen atoms in total. The third kappa shape index (κ3) is 4.77. The van der Waals surface area contributed by atoms with Crippen LogP contribution in [0.25, 0.3) is 0 Å². The van der Waals surface area contributed by atoms with Gasteiger partial charge in [-0.25, -0.2) is 0 Å². The molecule has 0 bridgehead atoms. The van der Waals surface area contributed by atoms with Crippen LogP contribution in [0.2, 0.25) is 0 Å². The third-order valence-corrected chi connectivity index (χ3v) is 4.25. The van der Waals surface area contributed by atoms with Crippen LogP contribution in [0.3, 0.4) is 0 Å². The summed E-state index contributed by atoms with van der Waals surface area (Å²) in [5.74, 6) is -1.09. The first-order valence-corrected chi connectivity index (χ1v) is 8.30. The second-order valence-electron chi connectivity index (χ2n) is 6.79. The largest absolute Gasteiger partial charge is 0.493 e. The van der Waals surface area contributed by atoms with Crippen molar-refractivity contribution in [3.05, 3.63) is 24.0 Å². The highest BCUT2D eigenvalue weighted by atomic mass is 16.7. The first-order chi connectivity index (χ1) is 11.0. The van der Waals surface area contributed by atoms with E-state index in [1.54, 1.807) is 52.9 Å².